The molecule has 116 valence electrons. The first-order valence-corrected chi connectivity index (χ1v) is 8.87. The Labute approximate surface area is 119 Å². The SMILES string of the molecule is CPBNCCOP(=O)(O)OCC(COC=O)OC=O. The van der Waals surface area contributed by atoms with Crippen LogP contribution in [-0.2, 0) is 32.7 Å². The van der Waals surface area contributed by atoms with Crippen molar-refractivity contribution in [3.63, 3.8) is 0 Å². The largest absolute Gasteiger partial charge is 0.472 e. The monoisotopic (exact) mass is 329 g/mol. The number of phosphoric acid groups is 1. The normalized spacial score (nSPS) is 15.5. The molecule has 0 aliphatic carbocycles. The van der Waals surface area contributed by atoms with Crippen LogP contribution in [0.4, 0.5) is 0 Å². The van der Waals surface area contributed by atoms with Crippen molar-refractivity contribution in [1.82, 2.24) is 5.23 Å². The highest BCUT2D eigenvalue weighted by molar-refractivity contribution is 7.69. The number of carbonyl (C=O) groups is 2. The van der Waals surface area contributed by atoms with E-state index in [2.05, 4.69) is 23.7 Å². The molecule has 0 saturated carbocycles. The highest BCUT2D eigenvalue weighted by Crippen LogP contribution is 2.42. The maximum absolute atomic E-state index is 11.5. The summed E-state index contributed by atoms with van der Waals surface area (Å²) in [4.78, 5) is 29.5. The zero-order valence-electron chi connectivity index (χ0n) is 11.0. The summed E-state index contributed by atoms with van der Waals surface area (Å²) in [5, 5.41) is 2.99. The Bertz CT molecular complexity index is 321. The summed E-state index contributed by atoms with van der Waals surface area (Å²) in [5.74, 6) is 0. The van der Waals surface area contributed by atoms with E-state index >= 15 is 0 Å². The highest BCUT2D eigenvalue weighted by Gasteiger charge is 2.24. The van der Waals surface area contributed by atoms with Crippen LogP contribution < -0.4 is 5.23 Å². The fraction of sp³-hybridized carbons (Fsp3) is 0.750. The Morgan fingerprint density at radius 3 is 2.70 bits per heavy atom. The smallest absolute Gasteiger partial charge is 0.464 e. The average molecular weight is 329 g/mol. The first-order valence-electron chi connectivity index (χ1n) is 5.67. The lowest BCUT2D eigenvalue weighted by atomic mass is 10.4. The van der Waals surface area contributed by atoms with E-state index in [1.54, 1.807) is 0 Å². The van der Waals surface area contributed by atoms with Crippen LogP contribution in [0.5, 0.6) is 0 Å². The molecule has 0 rings (SSSR count). The fourth-order valence-corrected chi connectivity index (χ4v) is 2.19. The molecule has 20 heavy (non-hydrogen) atoms. The number of phosphoric ester groups is 1. The Morgan fingerprint density at radius 2 is 2.10 bits per heavy atom. The summed E-state index contributed by atoms with van der Waals surface area (Å²) >= 11 is 0. The maximum atomic E-state index is 11.5. The van der Waals surface area contributed by atoms with E-state index in [0.29, 0.717) is 6.54 Å². The first-order chi connectivity index (χ1) is 9.55. The van der Waals surface area contributed by atoms with E-state index in [1.165, 1.54) is 0 Å². The second kappa shape index (κ2) is 12.3. The maximum Gasteiger partial charge on any atom is 0.472 e. The summed E-state index contributed by atoms with van der Waals surface area (Å²) in [6.45, 7) is 2.02. The van der Waals surface area contributed by atoms with E-state index in [4.69, 9.17) is 0 Å². The third-order valence-electron chi connectivity index (χ3n) is 1.86. The number of rotatable bonds is 14. The molecule has 0 heterocycles. The van der Waals surface area contributed by atoms with Crippen LogP contribution >= 0.6 is 16.3 Å². The third kappa shape index (κ3) is 11.3. The molecular weight excluding hydrogens is 311 g/mol. The van der Waals surface area contributed by atoms with E-state index in [1.807, 2.05) is 6.66 Å². The van der Waals surface area contributed by atoms with Crippen LogP contribution in [0.15, 0.2) is 0 Å². The molecule has 0 radical (unpaired) electrons. The summed E-state index contributed by atoms with van der Waals surface area (Å²) in [7, 11) is -2.69. The predicted octanol–water partition coefficient (Wildman–Crippen LogP) is -1.00. The summed E-state index contributed by atoms with van der Waals surface area (Å²) in [5.41, 5.74) is 0. The molecule has 0 aliphatic heterocycles. The van der Waals surface area contributed by atoms with Gasteiger partial charge in [-0.15, -0.1) is 8.46 Å². The lowest BCUT2D eigenvalue weighted by Crippen LogP contribution is -2.25. The van der Waals surface area contributed by atoms with Gasteiger partial charge in [-0.1, -0.05) is 6.66 Å². The van der Waals surface area contributed by atoms with E-state index < -0.39 is 20.5 Å². The van der Waals surface area contributed by atoms with Crippen molar-refractivity contribution in [2.75, 3.05) is 33.0 Å². The predicted molar refractivity (Wildman–Crippen MR) is 74.1 cm³/mol. The van der Waals surface area contributed by atoms with Crippen LogP contribution in [0.1, 0.15) is 0 Å². The van der Waals surface area contributed by atoms with Crippen LogP contribution in [0.3, 0.4) is 0 Å². The van der Waals surface area contributed by atoms with Gasteiger partial charge in [0.15, 0.2) is 6.10 Å². The number of ether oxygens (including phenoxy) is 2. The zero-order valence-corrected chi connectivity index (χ0v) is 12.9. The minimum absolute atomic E-state index is 0.00228. The second-order valence-electron chi connectivity index (χ2n) is 3.41. The van der Waals surface area contributed by atoms with Crippen molar-refractivity contribution in [2.24, 2.45) is 0 Å². The van der Waals surface area contributed by atoms with Gasteiger partial charge in [0.1, 0.15) is 6.61 Å². The van der Waals surface area contributed by atoms with Gasteiger partial charge in [-0.2, -0.15) is 0 Å². The molecular formula is C8H18BNO8P2. The van der Waals surface area contributed by atoms with Gasteiger partial charge in [0.25, 0.3) is 12.9 Å². The molecule has 0 spiro atoms. The molecule has 0 bridgehead atoms. The lowest BCUT2D eigenvalue weighted by molar-refractivity contribution is -0.144. The number of hydrogen-bond donors (Lipinski definition) is 2. The average Bonchev–Trinajstić information content (AvgIpc) is 2.41. The van der Waals surface area contributed by atoms with Crippen LogP contribution in [0.25, 0.3) is 0 Å². The van der Waals surface area contributed by atoms with Gasteiger partial charge in [0.2, 0.25) is 7.13 Å². The number of nitrogens with one attached hydrogen (secondary N) is 1. The van der Waals surface area contributed by atoms with Gasteiger partial charge in [0, 0.05) is 6.54 Å². The minimum Gasteiger partial charge on any atom is -0.464 e. The summed E-state index contributed by atoms with van der Waals surface area (Å²) in [6.07, 6.45) is -0.971. The lowest BCUT2D eigenvalue weighted by Gasteiger charge is -2.17. The molecule has 0 aliphatic rings. The minimum atomic E-state index is -4.23. The van der Waals surface area contributed by atoms with Gasteiger partial charge >= 0.3 is 7.82 Å². The summed E-state index contributed by atoms with van der Waals surface area (Å²) < 4.78 is 29.7. The second-order valence-corrected chi connectivity index (χ2v) is 5.93. The number of carbonyl (C=O) groups excluding carboxylic acids is 2. The van der Waals surface area contributed by atoms with Crippen molar-refractivity contribution < 1.29 is 37.6 Å². The molecule has 0 fully saturated rings. The van der Waals surface area contributed by atoms with Gasteiger partial charge in [-0.05, 0) is 0 Å². The van der Waals surface area contributed by atoms with Crippen LogP contribution in [0.2, 0.25) is 0 Å². The van der Waals surface area contributed by atoms with Crippen molar-refractivity contribution in [2.45, 2.75) is 6.10 Å². The van der Waals surface area contributed by atoms with E-state index in [-0.39, 0.29) is 26.2 Å². The molecule has 2 N–H and O–H groups in total. The standard InChI is InChI=1S/C8H18BNO8P2/c1-19-9-10-2-3-17-20(13,14)18-5-8(16-7-12)4-15-6-11/h6-10,19H,2-5H2,1H3,(H,13,14). The quantitative estimate of drug-likeness (QED) is 0.179. The molecule has 0 aromatic heterocycles. The topological polar surface area (TPSA) is 120 Å². The Morgan fingerprint density at radius 1 is 1.35 bits per heavy atom. The van der Waals surface area contributed by atoms with Gasteiger partial charge in [0.05, 0.1) is 13.2 Å². The Hall–Kier alpha value is -0.495. The molecule has 0 aromatic carbocycles. The third-order valence-corrected chi connectivity index (χ3v) is 3.44. The van der Waals surface area contributed by atoms with Crippen molar-refractivity contribution >= 4 is 36.4 Å². The Kier molecular flexibility index (Phi) is 12.0. The molecule has 3 unspecified atom stereocenters. The van der Waals surface area contributed by atoms with E-state index in [0.717, 1.165) is 15.6 Å². The first kappa shape index (κ1) is 19.5. The van der Waals surface area contributed by atoms with Crippen LogP contribution in [0, 0.1) is 0 Å². The van der Waals surface area contributed by atoms with Gasteiger partial charge < -0.3 is 19.6 Å². The van der Waals surface area contributed by atoms with Gasteiger partial charge in [-0.3, -0.25) is 18.6 Å². The van der Waals surface area contributed by atoms with Crippen LogP contribution in [-0.4, -0.2) is 64.1 Å². The van der Waals surface area contributed by atoms with E-state index in [9.17, 15) is 19.0 Å². The van der Waals surface area contributed by atoms with Crippen molar-refractivity contribution in [3.05, 3.63) is 0 Å². The highest BCUT2D eigenvalue weighted by atomic mass is 31.2. The van der Waals surface area contributed by atoms with Gasteiger partial charge in [-0.25, -0.2) is 4.57 Å². The molecule has 12 heteroatoms. The molecule has 9 nitrogen and oxygen atoms in total. The molecule has 3 atom stereocenters. The fourth-order valence-electron chi connectivity index (χ4n) is 1.01. The molecule has 0 amide bonds. The number of hydrogen-bond acceptors (Lipinski definition) is 8. The van der Waals surface area contributed by atoms with Crippen molar-refractivity contribution in [1.29, 1.82) is 0 Å². The van der Waals surface area contributed by atoms with Crippen molar-refractivity contribution in [3.8, 4) is 0 Å². The Balaban J connectivity index is 3.93. The molecule has 0 saturated heterocycles. The summed E-state index contributed by atoms with van der Waals surface area (Å²) in [6, 6.07) is 0. The molecule has 0 aromatic rings. The zero-order chi connectivity index (χ0) is 15.3.